The fourth-order valence-corrected chi connectivity index (χ4v) is 1.15. The van der Waals surface area contributed by atoms with E-state index < -0.39 is 0 Å². The van der Waals surface area contributed by atoms with Gasteiger partial charge in [-0.25, -0.2) is 4.79 Å². The van der Waals surface area contributed by atoms with Crippen molar-refractivity contribution in [2.24, 2.45) is 4.99 Å². The molecule has 0 aliphatic carbocycles. The maximum Gasteiger partial charge on any atom is 0.253 e. The largest absolute Gasteiger partial charge is 0.352 e. The van der Waals surface area contributed by atoms with Crippen molar-refractivity contribution in [3.63, 3.8) is 0 Å². The van der Waals surface area contributed by atoms with E-state index in [1.165, 1.54) is 6.08 Å². The lowest BCUT2D eigenvalue weighted by Gasteiger charge is -2.04. The number of carbonyl (C=O) groups is 1. The summed E-state index contributed by atoms with van der Waals surface area (Å²) in [5.74, 6) is -0.216. The number of nitrogens with one attached hydrogen (secondary N) is 1. The second-order valence-corrected chi connectivity index (χ2v) is 2.98. The highest BCUT2D eigenvalue weighted by Gasteiger charge is 2.08. The Kier molecular flexibility index (Phi) is 4.26. The number of amides is 1. The van der Waals surface area contributed by atoms with Gasteiger partial charge in [0.2, 0.25) is 6.08 Å². The van der Waals surface area contributed by atoms with Crippen LogP contribution in [-0.2, 0) is 4.79 Å². The van der Waals surface area contributed by atoms with Crippen molar-refractivity contribution in [2.75, 3.05) is 6.54 Å². The molecule has 1 aromatic carbocycles. The van der Waals surface area contributed by atoms with Crippen LogP contribution in [0.4, 0.5) is 5.69 Å². The highest BCUT2D eigenvalue weighted by molar-refractivity contribution is 5.99. The van der Waals surface area contributed by atoms with Crippen LogP contribution in [0.3, 0.4) is 0 Å². The number of nitrogens with zero attached hydrogens (tertiary/aromatic N) is 1. The molecular weight excluding hydrogens is 192 g/mol. The molecule has 0 aromatic heterocycles. The fourth-order valence-electron chi connectivity index (χ4n) is 1.15. The first-order valence-electron chi connectivity index (χ1n) is 4.74. The average Bonchev–Trinajstić information content (AvgIpc) is 2.27. The Morgan fingerprint density at radius 2 is 2.20 bits per heavy atom. The molecule has 1 aromatic rings. The first-order chi connectivity index (χ1) is 7.29. The van der Waals surface area contributed by atoms with Gasteiger partial charge in [0.05, 0.1) is 11.3 Å². The van der Waals surface area contributed by atoms with E-state index in [9.17, 15) is 9.59 Å². The molecule has 1 amide bonds. The Balaban J connectivity index is 2.92. The predicted molar refractivity (Wildman–Crippen MR) is 56.8 cm³/mol. The molecule has 0 radical (unpaired) electrons. The van der Waals surface area contributed by atoms with Gasteiger partial charge in [0.15, 0.2) is 0 Å². The van der Waals surface area contributed by atoms with E-state index in [1.807, 2.05) is 6.92 Å². The van der Waals surface area contributed by atoms with Gasteiger partial charge in [0.25, 0.3) is 5.91 Å². The summed E-state index contributed by atoms with van der Waals surface area (Å²) >= 11 is 0. The topological polar surface area (TPSA) is 58.5 Å². The van der Waals surface area contributed by atoms with E-state index >= 15 is 0 Å². The molecule has 4 heteroatoms. The second-order valence-electron chi connectivity index (χ2n) is 2.98. The Labute approximate surface area is 88.0 Å². The molecule has 1 rings (SSSR count). The Morgan fingerprint density at radius 1 is 1.47 bits per heavy atom. The first kappa shape index (κ1) is 11.1. The van der Waals surface area contributed by atoms with E-state index in [1.54, 1.807) is 24.3 Å². The third-order valence-corrected chi connectivity index (χ3v) is 1.85. The summed E-state index contributed by atoms with van der Waals surface area (Å²) in [4.78, 5) is 25.2. The normalized spacial score (nSPS) is 9.13. The van der Waals surface area contributed by atoms with Gasteiger partial charge in [-0.05, 0) is 18.6 Å². The monoisotopic (exact) mass is 204 g/mol. The molecule has 0 saturated heterocycles. The fraction of sp³-hybridized carbons (Fsp3) is 0.273. The molecule has 0 spiro atoms. The molecule has 0 aliphatic rings. The van der Waals surface area contributed by atoms with Crippen LogP contribution in [0.2, 0.25) is 0 Å². The number of isocyanates is 1. The van der Waals surface area contributed by atoms with E-state index in [0.29, 0.717) is 17.8 Å². The zero-order valence-corrected chi connectivity index (χ0v) is 8.49. The van der Waals surface area contributed by atoms with Gasteiger partial charge in [-0.1, -0.05) is 19.1 Å². The van der Waals surface area contributed by atoms with Crippen molar-refractivity contribution in [2.45, 2.75) is 13.3 Å². The maximum absolute atomic E-state index is 11.6. The lowest BCUT2D eigenvalue weighted by molar-refractivity contribution is 0.0954. The first-order valence-corrected chi connectivity index (χ1v) is 4.74. The number of para-hydroxylation sites is 1. The van der Waals surface area contributed by atoms with Crippen LogP contribution in [0, 0.1) is 0 Å². The van der Waals surface area contributed by atoms with Crippen LogP contribution in [0.15, 0.2) is 29.3 Å². The summed E-state index contributed by atoms with van der Waals surface area (Å²) < 4.78 is 0. The molecule has 0 heterocycles. The molecule has 4 nitrogen and oxygen atoms in total. The molecule has 0 unspecified atom stereocenters. The summed E-state index contributed by atoms with van der Waals surface area (Å²) in [6.07, 6.45) is 2.30. The van der Waals surface area contributed by atoms with Crippen LogP contribution < -0.4 is 5.32 Å². The van der Waals surface area contributed by atoms with Crippen LogP contribution in [0.25, 0.3) is 0 Å². The van der Waals surface area contributed by atoms with Crippen molar-refractivity contribution in [1.82, 2.24) is 5.32 Å². The average molecular weight is 204 g/mol. The number of hydrogen-bond acceptors (Lipinski definition) is 3. The molecule has 15 heavy (non-hydrogen) atoms. The standard InChI is InChI=1S/C11H12N2O2/c1-2-7-12-11(15)9-5-3-4-6-10(9)13-8-14/h3-6H,2,7H2,1H3,(H,12,15). The van der Waals surface area contributed by atoms with E-state index in [2.05, 4.69) is 10.3 Å². The van der Waals surface area contributed by atoms with Crippen molar-refractivity contribution >= 4 is 17.7 Å². The maximum atomic E-state index is 11.6. The van der Waals surface area contributed by atoms with Gasteiger partial charge in [-0.2, -0.15) is 4.99 Å². The lowest BCUT2D eigenvalue weighted by atomic mass is 10.1. The molecule has 78 valence electrons. The van der Waals surface area contributed by atoms with Gasteiger partial charge >= 0.3 is 0 Å². The van der Waals surface area contributed by atoms with Crippen LogP contribution >= 0.6 is 0 Å². The van der Waals surface area contributed by atoms with E-state index in [-0.39, 0.29) is 5.91 Å². The third-order valence-electron chi connectivity index (χ3n) is 1.85. The van der Waals surface area contributed by atoms with Crippen molar-refractivity contribution in [3.05, 3.63) is 29.8 Å². The minimum Gasteiger partial charge on any atom is -0.352 e. The summed E-state index contributed by atoms with van der Waals surface area (Å²) in [5.41, 5.74) is 0.746. The molecule has 0 atom stereocenters. The van der Waals surface area contributed by atoms with E-state index in [0.717, 1.165) is 6.42 Å². The van der Waals surface area contributed by atoms with Crippen LogP contribution in [-0.4, -0.2) is 18.5 Å². The van der Waals surface area contributed by atoms with Crippen LogP contribution in [0.5, 0.6) is 0 Å². The molecule has 0 bridgehead atoms. The van der Waals surface area contributed by atoms with E-state index in [4.69, 9.17) is 0 Å². The lowest BCUT2D eigenvalue weighted by Crippen LogP contribution is -2.23. The Hall–Kier alpha value is -1.93. The third kappa shape index (κ3) is 3.04. The zero-order chi connectivity index (χ0) is 11.1. The summed E-state index contributed by atoms with van der Waals surface area (Å²) in [6, 6.07) is 6.67. The van der Waals surface area contributed by atoms with Gasteiger partial charge in [0.1, 0.15) is 0 Å². The van der Waals surface area contributed by atoms with Gasteiger partial charge in [-0.3, -0.25) is 4.79 Å². The SMILES string of the molecule is CCCNC(=O)c1ccccc1N=C=O. The van der Waals surface area contributed by atoms with Crippen molar-refractivity contribution in [1.29, 1.82) is 0 Å². The number of carbonyl (C=O) groups excluding carboxylic acids is 2. The zero-order valence-electron chi connectivity index (χ0n) is 8.49. The molecule has 0 fully saturated rings. The van der Waals surface area contributed by atoms with Crippen LogP contribution in [0.1, 0.15) is 23.7 Å². The van der Waals surface area contributed by atoms with Crippen molar-refractivity contribution in [3.8, 4) is 0 Å². The predicted octanol–water partition coefficient (Wildman–Crippen LogP) is 1.79. The Morgan fingerprint density at radius 3 is 2.87 bits per heavy atom. The molecule has 0 saturated carbocycles. The summed E-state index contributed by atoms with van der Waals surface area (Å²) in [5, 5.41) is 2.72. The van der Waals surface area contributed by atoms with Gasteiger partial charge in [-0.15, -0.1) is 0 Å². The summed E-state index contributed by atoms with van der Waals surface area (Å²) in [7, 11) is 0. The number of aliphatic imine (C=N–C) groups is 1. The smallest absolute Gasteiger partial charge is 0.253 e. The number of benzene rings is 1. The highest BCUT2D eigenvalue weighted by atomic mass is 16.1. The second kappa shape index (κ2) is 5.73. The highest BCUT2D eigenvalue weighted by Crippen LogP contribution is 2.17. The minimum absolute atomic E-state index is 0.216. The molecule has 0 aliphatic heterocycles. The molecular formula is C11H12N2O2. The van der Waals surface area contributed by atoms with Gasteiger partial charge < -0.3 is 5.32 Å². The number of hydrogen-bond donors (Lipinski definition) is 1. The van der Waals surface area contributed by atoms with Gasteiger partial charge in [0, 0.05) is 6.54 Å². The minimum atomic E-state index is -0.216. The summed E-state index contributed by atoms with van der Waals surface area (Å²) in [6.45, 7) is 2.58. The number of rotatable bonds is 4. The van der Waals surface area contributed by atoms with Crippen molar-refractivity contribution < 1.29 is 9.59 Å². The Bertz CT molecular complexity index is 395. The molecule has 1 N–H and O–H groups in total. The quantitative estimate of drug-likeness (QED) is 0.600.